The molecule has 2 N–H and O–H groups in total. The molecule has 1 aliphatic heterocycles. The molecule has 5 rings (SSSR count). The fourth-order valence-electron chi connectivity index (χ4n) is 4.21. The van der Waals surface area contributed by atoms with Gasteiger partial charge < -0.3 is 15.2 Å². The molecule has 0 bridgehead atoms. The van der Waals surface area contributed by atoms with E-state index >= 15 is 0 Å². The Morgan fingerprint density at radius 3 is 2.73 bits per heavy atom. The molecule has 0 unspecified atom stereocenters. The van der Waals surface area contributed by atoms with Crippen LogP contribution in [0.4, 0.5) is 5.95 Å². The Kier molecular flexibility index (Phi) is 5.73. The van der Waals surface area contributed by atoms with Crippen LogP contribution in [0.25, 0.3) is 22.2 Å². The quantitative estimate of drug-likeness (QED) is 0.475. The maximum absolute atomic E-state index is 12.6. The normalized spacial score (nSPS) is 13.2. The highest BCUT2D eigenvalue weighted by molar-refractivity contribution is 5.94. The number of fused-ring (bicyclic) bond motifs is 1. The number of H-pyrrole nitrogens is 1. The molecule has 164 valence electrons. The number of aromatic amines is 1. The summed E-state index contributed by atoms with van der Waals surface area (Å²) < 4.78 is 0. The minimum atomic E-state index is -0.109. The van der Waals surface area contributed by atoms with E-state index in [1.54, 1.807) is 12.4 Å². The fourth-order valence-corrected chi connectivity index (χ4v) is 4.21. The summed E-state index contributed by atoms with van der Waals surface area (Å²) in [5, 5.41) is 13.1. The van der Waals surface area contributed by atoms with Crippen LogP contribution >= 0.6 is 0 Å². The van der Waals surface area contributed by atoms with Crippen molar-refractivity contribution in [1.82, 2.24) is 20.3 Å². The Bertz CT molecular complexity index is 1330. The van der Waals surface area contributed by atoms with Crippen LogP contribution in [0.5, 0.6) is 0 Å². The van der Waals surface area contributed by atoms with E-state index in [4.69, 9.17) is 4.98 Å². The number of carbonyl (C=O) groups is 1. The van der Waals surface area contributed by atoms with E-state index in [0.717, 1.165) is 46.8 Å². The third-order valence-electron chi connectivity index (χ3n) is 6.04. The minimum absolute atomic E-state index is 0.109. The standard InChI is InChI=1S/C26H24N6O/c27-16-21-17-30-24-8-3-18(15-22(21)24)9-11-28-25(33)20-6-4-19(5-7-20)23-10-12-29-26(31-23)32-13-1-2-14-32/h3-8,10,12,15,17,30H,1-2,9,11,13-14H2,(H,28,33). The predicted octanol–water partition coefficient (Wildman–Crippen LogP) is 4.07. The van der Waals surface area contributed by atoms with Crippen LogP contribution in [0, 0.1) is 11.3 Å². The smallest absolute Gasteiger partial charge is 0.251 e. The largest absolute Gasteiger partial charge is 0.360 e. The molecule has 33 heavy (non-hydrogen) atoms. The van der Waals surface area contributed by atoms with Crippen LogP contribution in [0.1, 0.15) is 34.3 Å². The van der Waals surface area contributed by atoms with Crippen molar-refractivity contribution < 1.29 is 4.79 Å². The van der Waals surface area contributed by atoms with Gasteiger partial charge in [-0.3, -0.25) is 4.79 Å². The minimum Gasteiger partial charge on any atom is -0.360 e. The summed E-state index contributed by atoms with van der Waals surface area (Å²) in [7, 11) is 0. The van der Waals surface area contributed by atoms with Gasteiger partial charge in [-0.2, -0.15) is 5.26 Å². The highest BCUT2D eigenvalue weighted by atomic mass is 16.1. The van der Waals surface area contributed by atoms with Gasteiger partial charge in [-0.15, -0.1) is 0 Å². The second-order valence-electron chi connectivity index (χ2n) is 8.21. The number of hydrogen-bond donors (Lipinski definition) is 2. The maximum Gasteiger partial charge on any atom is 0.251 e. The van der Waals surface area contributed by atoms with Crippen molar-refractivity contribution >= 4 is 22.8 Å². The van der Waals surface area contributed by atoms with Gasteiger partial charge in [0.15, 0.2) is 0 Å². The lowest BCUT2D eigenvalue weighted by atomic mass is 10.1. The van der Waals surface area contributed by atoms with Gasteiger partial charge in [0.1, 0.15) is 6.07 Å². The van der Waals surface area contributed by atoms with Crippen molar-refractivity contribution in [2.75, 3.05) is 24.5 Å². The zero-order valence-corrected chi connectivity index (χ0v) is 18.2. The van der Waals surface area contributed by atoms with Crippen LogP contribution in [0.2, 0.25) is 0 Å². The molecule has 1 saturated heterocycles. The van der Waals surface area contributed by atoms with Crippen LogP contribution in [-0.4, -0.2) is 40.5 Å². The molecular weight excluding hydrogens is 412 g/mol. The Balaban J connectivity index is 1.20. The molecule has 1 fully saturated rings. The predicted molar refractivity (Wildman–Crippen MR) is 128 cm³/mol. The molecule has 3 heterocycles. The lowest BCUT2D eigenvalue weighted by Gasteiger charge is -2.15. The van der Waals surface area contributed by atoms with Gasteiger partial charge in [0.25, 0.3) is 5.91 Å². The van der Waals surface area contributed by atoms with Crippen LogP contribution < -0.4 is 10.2 Å². The fraction of sp³-hybridized carbons (Fsp3) is 0.231. The third kappa shape index (κ3) is 4.41. The summed E-state index contributed by atoms with van der Waals surface area (Å²) in [5.74, 6) is 0.661. The Morgan fingerprint density at radius 1 is 1.12 bits per heavy atom. The molecule has 0 spiro atoms. The third-order valence-corrected chi connectivity index (χ3v) is 6.04. The first-order valence-electron chi connectivity index (χ1n) is 11.2. The number of nitriles is 1. The summed E-state index contributed by atoms with van der Waals surface area (Å²) >= 11 is 0. The van der Waals surface area contributed by atoms with Gasteiger partial charge >= 0.3 is 0 Å². The first-order valence-corrected chi connectivity index (χ1v) is 11.2. The highest BCUT2D eigenvalue weighted by Gasteiger charge is 2.15. The second kappa shape index (κ2) is 9.13. The lowest BCUT2D eigenvalue weighted by molar-refractivity contribution is 0.0954. The molecule has 2 aromatic heterocycles. The number of amides is 1. The van der Waals surface area contributed by atoms with Gasteiger partial charge in [0.05, 0.1) is 11.3 Å². The van der Waals surface area contributed by atoms with E-state index in [2.05, 4.69) is 26.3 Å². The van der Waals surface area contributed by atoms with Gasteiger partial charge in [-0.25, -0.2) is 9.97 Å². The Labute approximate surface area is 192 Å². The zero-order chi connectivity index (χ0) is 22.6. The monoisotopic (exact) mass is 436 g/mol. The molecule has 0 atom stereocenters. The van der Waals surface area contributed by atoms with E-state index in [1.807, 2.05) is 48.5 Å². The molecule has 7 nitrogen and oxygen atoms in total. The number of anilines is 1. The van der Waals surface area contributed by atoms with E-state index in [9.17, 15) is 10.1 Å². The molecule has 7 heteroatoms. The molecule has 0 saturated carbocycles. The number of nitrogens with zero attached hydrogens (tertiary/aromatic N) is 4. The number of nitrogens with one attached hydrogen (secondary N) is 2. The Morgan fingerprint density at radius 2 is 1.94 bits per heavy atom. The lowest BCUT2D eigenvalue weighted by Crippen LogP contribution is -2.25. The van der Waals surface area contributed by atoms with Gasteiger partial charge in [-0.1, -0.05) is 18.2 Å². The van der Waals surface area contributed by atoms with E-state index in [-0.39, 0.29) is 5.91 Å². The molecular formula is C26H24N6O. The molecule has 1 amide bonds. The number of benzene rings is 2. The first-order chi connectivity index (χ1) is 16.2. The SMILES string of the molecule is N#Cc1c[nH]c2ccc(CCNC(=O)c3ccc(-c4ccnc(N5CCCC5)n4)cc3)cc12. The number of hydrogen-bond acceptors (Lipinski definition) is 5. The maximum atomic E-state index is 12.6. The van der Waals surface area contributed by atoms with Crippen molar-refractivity contribution in [3.63, 3.8) is 0 Å². The molecule has 0 aliphatic carbocycles. The number of carbonyl (C=O) groups excluding carboxylic acids is 1. The van der Waals surface area contributed by atoms with Crippen molar-refractivity contribution in [3.8, 4) is 17.3 Å². The van der Waals surface area contributed by atoms with Crippen LogP contribution in [0.3, 0.4) is 0 Å². The molecule has 0 radical (unpaired) electrons. The highest BCUT2D eigenvalue weighted by Crippen LogP contribution is 2.22. The second-order valence-corrected chi connectivity index (χ2v) is 8.21. The van der Waals surface area contributed by atoms with Crippen molar-refractivity contribution in [3.05, 3.63) is 77.6 Å². The Hall–Kier alpha value is -4.18. The van der Waals surface area contributed by atoms with Crippen LogP contribution in [0.15, 0.2) is 60.9 Å². The summed E-state index contributed by atoms with van der Waals surface area (Å²) in [6, 6.07) is 17.6. The summed E-state index contributed by atoms with van der Waals surface area (Å²) in [6.45, 7) is 2.52. The average Bonchev–Trinajstić information content (AvgIpc) is 3.54. The average molecular weight is 437 g/mol. The number of rotatable bonds is 6. The van der Waals surface area contributed by atoms with E-state index in [0.29, 0.717) is 24.1 Å². The van der Waals surface area contributed by atoms with E-state index in [1.165, 1.54) is 12.8 Å². The van der Waals surface area contributed by atoms with Crippen molar-refractivity contribution in [2.45, 2.75) is 19.3 Å². The molecule has 2 aromatic carbocycles. The zero-order valence-electron chi connectivity index (χ0n) is 18.2. The van der Waals surface area contributed by atoms with Crippen LogP contribution in [-0.2, 0) is 6.42 Å². The number of aromatic nitrogens is 3. The topological polar surface area (TPSA) is 97.7 Å². The summed E-state index contributed by atoms with van der Waals surface area (Å²) in [5.41, 5.74) is 5.08. The summed E-state index contributed by atoms with van der Waals surface area (Å²) in [6.07, 6.45) is 6.56. The van der Waals surface area contributed by atoms with Crippen molar-refractivity contribution in [2.24, 2.45) is 0 Å². The van der Waals surface area contributed by atoms with Crippen molar-refractivity contribution in [1.29, 1.82) is 5.26 Å². The molecule has 1 aliphatic rings. The van der Waals surface area contributed by atoms with Gasteiger partial charge in [0, 0.05) is 54.1 Å². The van der Waals surface area contributed by atoms with E-state index < -0.39 is 0 Å². The van der Waals surface area contributed by atoms with Gasteiger partial charge in [-0.05, 0) is 55.2 Å². The summed E-state index contributed by atoms with van der Waals surface area (Å²) in [4.78, 5) is 27.0. The van der Waals surface area contributed by atoms with Gasteiger partial charge in [0.2, 0.25) is 5.95 Å². The molecule has 4 aromatic rings. The first kappa shape index (κ1) is 20.7.